The molecule has 25 heavy (non-hydrogen) atoms. The lowest BCUT2D eigenvalue weighted by atomic mass is 9.68. The van der Waals surface area contributed by atoms with Crippen molar-refractivity contribution in [2.45, 2.75) is 30.8 Å². The number of hydrogen-bond acceptors (Lipinski definition) is 4. The molecule has 3 aliphatic rings. The van der Waals surface area contributed by atoms with Crippen molar-refractivity contribution in [2.24, 2.45) is 5.92 Å². The third-order valence-electron chi connectivity index (χ3n) is 6.30. The number of nitrogens with zero attached hydrogens (tertiary/aromatic N) is 2. The minimum Gasteiger partial charge on any atom is -0.377 e. The summed E-state index contributed by atoms with van der Waals surface area (Å²) in [6, 6.07) is 10.7. The van der Waals surface area contributed by atoms with Gasteiger partial charge in [-0.1, -0.05) is 30.3 Å². The molecule has 1 aromatic carbocycles. The normalized spacial score (nSPS) is 34.3. The lowest BCUT2D eigenvalue weighted by molar-refractivity contribution is 0.0785. The Bertz CT molecular complexity index is 703. The average molecular weight is 365 g/mol. The van der Waals surface area contributed by atoms with Gasteiger partial charge in [0, 0.05) is 44.7 Å². The van der Waals surface area contributed by atoms with Crippen LogP contribution in [-0.2, 0) is 20.2 Å². The molecule has 0 spiro atoms. The molecule has 138 valence electrons. The molecule has 3 heterocycles. The minimum atomic E-state index is -3.12. The Balaban J connectivity index is 1.59. The van der Waals surface area contributed by atoms with Crippen LogP contribution in [0.3, 0.4) is 0 Å². The summed E-state index contributed by atoms with van der Waals surface area (Å²) in [6.07, 6.45) is 4.89. The summed E-state index contributed by atoms with van der Waals surface area (Å²) >= 11 is 0. The second-order valence-corrected chi connectivity index (χ2v) is 9.90. The first-order chi connectivity index (χ1) is 12.0. The van der Waals surface area contributed by atoms with Crippen LogP contribution in [-0.4, -0.2) is 69.3 Å². The number of ether oxygens (including phenoxy) is 1. The van der Waals surface area contributed by atoms with Crippen LogP contribution in [0.5, 0.6) is 0 Å². The fourth-order valence-electron chi connectivity index (χ4n) is 5.01. The van der Waals surface area contributed by atoms with Gasteiger partial charge in [-0.2, -0.15) is 0 Å². The predicted molar refractivity (Wildman–Crippen MR) is 98.1 cm³/mol. The van der Waals surface area contributed by atoms with E-state index in [4.69, 9.17) is 4.74 Å². The van der Waals surface area contributed by atoms with Crippen molar-refractivity contribution in [3.8, 4) is 0 Å². The van der Waals surface area contributed by atoms with E-state index < -0.39 is 10.0 Å². The lowest BCUT2D eigenvalue weighted by Gasteiger charge is -2.43. The number of fused-ring (bicyclic) bond motifs is 1. The Hall–Kier alpha value is -0.950. The van der Waals surface area contributed by atoms with Crippen LogP contribution in [0.4, 0.5) is 0 Å². The van der Waals surface area contributed by atoms with Gasteiger partial charge in [0.2, 0.25) is 10.0 Å². The summed E-state index contributed by atoms with van der Waals surface area (Å²) in [4.78, 5) is 2.51. The number of hydrogen-bond donors (Lipinski definition) is 0. The van der Waals surface area contributed by atoms with E-state index in [0.717, 1.165) is 45.5 Å². The molecule has 0 aromatic heterocycles. The Morgan fingerprint density at radius 1 is 1.24 bits per heavy atom. The molecule has 0 N–H and O–H groups in total. The average Bonchev–Trinajstić information content (AvgIpc) is 3.22. The topological polar surface area (TPSA) is 49.9 Å². The standard InChI is InChI=1S/C19H28N2O3S/c1-25(22,23)21-10-9-19(16-6-3-2-4-7-16)15-20(12-17(19)13-21)14-18-8-5-11-24-18/h2-4,6-7,17-18H,5,8-15H2,1H3. The first-order valence-corrected chi connectivity index (χ1v) is 11.2. The molecule has 0 bridgehead atoms. The van der Waals surface area contributed by atoms with E-state index >= 15 is 0 Å². The highest BCUT2D eigenvalue weighted by molar-refractivity contribution is 7.88. The number of piperidine rings is 1. The second-order valence-electron chi connectivity index (χ2n) is 7.92. The predicted octanol–water partition coefficient (Wildman–Crippen LogP) is 1.70. The summed E-state index contributed by atoms with van der Waals surface area (Å²) in [7, 11) is -3.12. The molecule has 3 aliphatic heterocycles. The van der Waals surface area contributed by atoms with Gasteiger partial charge in [-0.25, -0.2) is 12.7 Å². The van der Waals surface area contributed by atoms with E-state index in [0.29, 0.717) is 25.1 Å². The van der Waals surface area contributed by atoms with E-state index in [1.807, 2.05) is 0 Å². The number of sulfonamides is 1. The summed E-state index contributed by atoms with van der Waals surface area (Å²) < 4.78 is 31.6. The zero-order chi connectivity index (χ0) is 17.5. The van der Waals surface area contributed by atoms with Crippen LogP contribution in [0, 0.1) is 5.92 Å². The smallest absolute Gasteiger partial charge is 0.211 e. The molecule has 4 rings (SSSR count). The number of likely N-dealkylation sites (tertiary alicyclic amines) is 1. The van der Waals surface area contributed by atoms with Crippen molar-refractivity contribution in [1.82, 2.24) is 9.21 Å². The van der Waals surface area contributed by atoms with Crippen molar-refractivity contribution in [3.63, 3.8) is 0 Å². The summed E-state index contributed by atoms with van der Waals surface area (Å²) in [6.45, 7) is 5.09. The van der Waals surface area contributed by atoms with E-state index in [9.17, 15) is 8.42 Å². The Morgan fingerprint density at radius 3 is 2.72 bits per heavy atom. The van der Waals surface area contributed by atoms with Gasteiger partial charge >= 0.3 is 0 Å². The highest BCUT2D eigenvalue weighted by atomic mass is 32.2. The number of benzene rings is 1. The van der Waals surface area contributed by atoms with Gasteiger partial charge < -0.3 is 4.74 Å². The van der Waals surface area contributed by atoms with Crippen molar-refractivity contribution in [2.75, 3.05) is 45.6 Å². The number of rotatable bonds is 4. The molecule has 6 heteroatoms. The third kappa shape index (κ3) is 3.37. The largest absolute Gasteiger partial charge is 0.377 e. The molecule has 0 radical (unpaired) electrons. The molecule has 0 saturated carbocycles. The SMILES string of the molecule is CS(=O)(=O)N1CCC2(c3ccccc3)CN(CC3CCCO3)CC2C1. The van der Waals surface area contributed by atoms with Gasteiger partial charge in [0.05, 0.1) is 12.4 Å². The maximum absolute atomic E-state index is 12.1. The summed E-state index contributed by atoms with van der Waals surface area (Å²) in [5.74, 6) is 0.347. The fourth-order valence-corrected chi connectivity index (χ4v) is 5.89. The van der Waals surface area contributed by atoms with Gasteiger partial charge in [-0.15, -0.1) is 0 Å². The van der Waals surface area contributed by atoms with Gasteiger partial charge in [-0.05, 0) is 30.7 Å². The quantitative estimate of drug-likeness (QED) is 0.816. The van der Waals surface area contributed by atoms with Crippen molar-refractivity contribution in [1.29, 1.82) is 0 Å². The Labute approximate surface area is 151 Å². The molecular weight excluding hydrogens is 336 g/mol. The maximum atomic E-state index is 12.1. The monoisotopic (exact) mass is 364 g/mol. The Morgan fingerprint density at radius 2 is 2.04 bits per heavy atom. The molecule has 1 aromatic rings. The van der Waals surface area contributed by atoms with Crippen LogP contribution in [0.2, 0.25) is 0 Å². The molecule has 3 fully saturated rings. The lowest BCUT2D eigenvalue weighted by Crippen LogP contribution is -2.51. The zero-order valence-corrected chi connectivity index (χ0v) is 15.7. The van der Waals surface area contributed by atoms with Gasteiger partial charge in [0.25, 0.3) is 0 Å². The fraction of sp³-hybridized carbons (Fsp3) is 0.684. The molecule has 5 nitrogen and oxygen atoms in total. The van der Waals surface area contributed by atoms with Crippen LogP contribution < -0.4 is 0 Å². The van der Waals surface area contributed by atoms with E-state index in [2.05, 4.69) is 35.2 Å². The highest BCUT2D eigenvalue weighted by Crippen LogP contribution is 2.45. The van der Waals surface area contributed by atoms with Gasteiger partial charge in [0.1, 0.15) is 0 Å². The molecule has 0 aliphatic carbocycles. The third-order valence-corrected chi connectivity index (χ3v) is 7.57. The van der Waals surface area contributed by atoms with E-state index in [1.165, 1.54) is 11.8 Å². The molecule has 0 amide bonds. The van der Waals surface area contributed by atoms with E-state index in [-0.39, 0.29) is 5.41 Å². The molecule has 3 atom stereocenters. The molecule has 3 saturated heterocycles. The molecule has 3 unspecified atom stereocenters. The van der Waals surface area contributed by atoms with Crippen LogP contribution >= 0.6 is 0 Å². The first-order valence-electron chi connectivity index (χ1n) is 9.32. The van der Waals surface area contributed by atoms with Crippen LogP contribution in [0.1, 0.15) is 24.8 Å². The summed E-state index contributed by atoms with van der Waals surface area (Å²) in [5, 5.41) is 0. The minimum absolute atomic E-state index is 0.0705. The van der Waals surface area contributed by atoms with Gasteiger partial charge in [-0.3, -0.25) is 4.90 Å². The Kier molecular flexibility index (Phi) is 4.65. The van der Waals surface area contributed by atoms with Crippen molar-refractivity contribution < 1.29 is 13.2 Å². The van der Waals surface area contributed by atoms with Crippen LogP contribution in [0.15, 0.2) is 30.3 Å². The van der Waals surface area contributed by atoms with Crippen molar-refractivity contribution in [3.05, 3.63) is 35.9 Å². The second kappa shape index (κ2) is 6.65. The van der Waals surface area contributed by atoms with Gasteiger partial charge in [0.15, 0.2) is 0 Å². The van der Waals surface area contributed by atoms with E-state index in [1.54, 1.807) is 4.31 Å². The highest BCUT2D eigenvalue weighted by Gasteiger charge is 2.51. The summed E-state index contributed by atoms with van der Waals surface area (Å²) in [5.41, 5.74) is 1.43. The molecular formula is C19H28N2O3S. The zero-order valence-electron chi connectivity index (χ0n) is 14.9. The first kappa shape index (κ1) is 17.5. The van der Waals surface area contributed by atoms with Crippen LogP contribution in [0.25, 0.3) is 0 Å². The maximum Gasteiger partial charge on any atom is 0.211 e. The van der Waals surface area contributed by atoms with Crippen molar-refractivity contribution >= 4 is 10.0 Å².